The Labute approximate surface area is 141 Å². The fourth-order valence-electron chi connectivity index (χ4n) is 2.69. The van der Waals surface area contributed by atoms with Gasteiger partial charge >= 0.3 is 0 Å². The van der Waals surface area contributed by atoms with Crippen molar-refractivity contribution in [2.24, 2.45) is 5.92 Å². The zero-order chi connectivity index (χ0) is 16.9. The number of aliphatic hydroxyl groups excluding tert-OH is 2. The van der Waals surface area contributed by atoms with Crippen molar-refractivity contribution < 1.29 is 14.9 Å². The Morgan fingerprint density at radius 2 is 1.61 bits per heavy atom. The van der Waals surface area contributed by atoms with Gasteiger partial charge in [0.15, 0.2) is 0 Å². The van der Waals surface area contributed by atoms with E-state index in [9.17, 15) is 10.2 Å². The van der Waals surface area contributed by atoms with Crippen molar-refractivity contribution >= 4 is 0 Å². The molecule has 0 aliphatic heterocycles. The largest absolute Gasteiger partial charge is 0.394 e. The van der Waals surface area contributed by atoms with Crippen LogP contribution in [-0.2, 0) is 11.2 Å². The summed E-state index contributed by atoms with van der Waals surface area (Å²) in [6, 6.07) is 9.98. The Morgan fingerprint density at radius 3 is 2.26 bits per heavy atom. The summed E-state index contributed by atoms with van der Waals surface area (Å²) in [5.41, 5.74) is 1.12. The molecule has 0 aromatic heterocycles. The van der Waals surface area contributed by atoms with Crippen LogP contribution in [0.5, 0.6) is 0 Å². The molecule has 2 unspecified atom stereocenters. The maximum Gasteiger partial charge on any atom is 0.103 e. The Balaban J connectivity index is 2.19. The lowest BCUT2D eigenvalue weighted by Gasteiger charge is -2.22. The molecular formula is C20H34O3. The molecule has 1 aromatic rings. The van der Waals surface area contributed by atoms with E-state index >= 15 is 0 Å². The average molecular weight is 322 g/mol. The predicted octanol–water partition coefficient (Wildman–Crippen LogP) is 3.96. The Kier molecular flexibility index (Phi) is 11.0. The van der Waals surface area contributed by atoms with Gasteiger partial charge in [-0.25, -0.2) is 0 Å². The first-order valence-corrected chi connectivity index (χ1v) is 9.08. The lowest BCUT2D eigenvalue weighted by Crippen LogP contribution is -2.34. The Morgan fingerprint density at radius 1 is 0.957 bits per heavy atom. The highest BCUT2D eigenvalue weighted by Crippen LogP contribution is 2.13. The van der Waals surface area contributed by atoms with Gasteiger partial charge in [0.05, 0.1) is 12.7 Å². The van der Waals surface area contributed by atoms with E-state index in [0.29, 0.717) is 13.0 Å². The lowest BCUT2D eigenvalue weighted by atomic mass is 10.0. The molecule has 0 fully saturated rings. The van der Waals surface area contributed by atoms with Gasteiger partial charge in [0.2, 0.25) is 0 Å². The Bertz CT molecular complexity index is 378. The van der Waals surface area contributed by atoms with Crippen molar-refractivity contribution in [2.75, 3.05) is 13.2 Å². The number of aliphatic hydroxyl groups is 2. The minimum atomic E-state index is -0.818. The average Bonchev–Trinajstić information content (AvgIpc) is 2.56. The first-order valence-electron chi connectivity index (χ1n) is 9.08. The van der Waals surface area contributed by atoms with Crippen LogP contribution in [0.2, 0.25) is 0 Å². The van der Waals surface area contributed by atoms with E-state index in [4.69, 9.17) is 4.74 Å². The first kappa shape index (κ1) is 20.1. The fraction of sp³-hybridized carbons (Fsp3) is 0.700. The molecule has 3 heteroatoms. The fourth-order valence-corrected chi connectivity index (χ4v) is 2.69. The van der Waals surface area contributed by atoms with Crippen LogP contribution in [0.25, 0.3) is 0 Å². The van der Waals surface area contributed by atoms with Gasteiger partial charge in [-0.1, -0.05) is 76.3 Å². The third-order valence-corrected chi connectivity index (χ3v) is 4.15. The summed E-state index contributed by atoms with van der Waals surface area (Å²) in [6.45, 7) is 4.94. The molecule has 0 spiro atoms. The molecule has 0 saturated carbocycles. The molecule has 1 aromatic carbocycles. The van der Waals surface area contributed by atoms with Crippen LogP contribution < -0.4 is 0 Å². The van der Waals surface area contributed by atoms with Gasteiger partial charge in [0.25, 0.3) is 0 Å². The summed E-state index contributed by atoms with van der Waals surface area (Å²) >= 11 is 0. The van der Waals surface area contributed by atoms with Crippen LogP contribution >= 0.6 is 0 Å². The molecule has 0 bridgehead atoms. The van der Waals surface area contributed by atoms with Crippen LogP contribution in [0, 0.1) is 5.92 Å². The second kappa shape index (κ2) is 12.5. The van der Waals surface area contributed by atoms with Gasteiger partial charge < -0.3 is 14.9 Å². The topological polar surface area (TPSA) is 49.7 Å². The maximum atomic E-state index is 9.93. The van der Waals surface area contributed by atoms with Crippen molar-refractivity contribution in [3.63, 3.8) is 0 Å². The molecule has 0 aliphatic rings. The van der Waals surface area contributed by atoms with Gasteiger partial charge in [0.1, 0.15) is 6.10 Å². The number of hydrogen-bond acceptors (Lipinski definition) is 3. The summed E-state index contributed by atoms with van der Waals surface area (Å²) in [6.07, 6.45) is 6.86. The van der Waals surface area contributed by atoms with Crippen LogP contribution in [0.4, 0.5) is 0 Å². The first-order chi connectivity index (χ1) is 11.1. The molecular weight excluding hydrogens is 288 g/mol. The van der Waals surface area contributed by atoms with E-state index in [1.54, 1.807) is 0 Å². The molecule has 0 heterocycles. The molecule has 0 aliphatic carbocycles. The van der Waals surface area contributed by atoms with Crippen molar-refractivity contribution in [2.45, 2.75) is 71.0 Å². The number of hydrogen-bond donors (Lipinski definition) is 2. The van der Waals surface area contributed by atoms with Gasteiger partial charge in [-0.05, 0) is 17.9 Å². The second-order valence-electron chi connectivity index (χ2n) is 6.80. The normalized spacial score (nSPS) is 14.1. The molecule has 0 amide bonds. The highest BCUT2D eigenvalue weighted by molar-refractivity contribution is 5.15. The number of unbranched alkanes of at least 4 members (excludes halogenated alkanes) is 4. The van der Waals surface area contributed by atoms with Crippen LogP contribution in [-0.4, -0.2) is 35.6 Å². The molecule has 1 rings (SSSR count). The van der Waals surface area contributed by atoms with Gasteiger partial charge in [0, 0.05) is 13.0 Å². The molecule has 2 atom stereocenters. The highest BCUT2D eigenvalue weighted by Gasteiger charge is 2.19. The van der Waals surface area contributed by atoms with E-state index in [2.05, 4.69) is 13.8 Å². The van der Waals surface area contributed by atoms with Gasteiger partial charge in [-0.2, -0.15) is 0 Å². The minimum Gasteiger partial charge on any atom is -0.394 e. The Hall–Kier alpha value is -0.900. The maximum absolute atomic E-state index is 9.93. The monoisotopic (exact) mass is 322 g/mol. The summed E-state index contributed by atoms with van der Waals surface area (Å²) in [7, 11) is 0. The minimum absolute atomic E-state index is 0.257. The predicted molar refractivity (Wildman–Crippen MR) is 95.5 cm³/mol. The number of ether oxygens (including phenoxy) is 1. The van der Waals surface area contributed by atoms with E-state index in [0.717, 1.165) is 17.9 Å². The summed E-state index contributed by atoms with van der Waals surface area (Å²) in [4.78, 5) is 0. The number of rotatable bonds is 13. The smallest absolute Gasteiger partial charge is 0.103 e. The van der Waals surface area contributed by atoms with Crippen LogP contribution in [0.15, 0.2) is 30.3 Å². The number of benzene rings is 1. The summed E-state index contributed by atoms with van der Waals surface area (Å²) in [5.74, 6) is 0.803. The molecule has 23 heavy (non-hydrogen) atoms. The van der Waals surface area contributed by atoms with Crippen LogP contribution in [0.3, 0.4) is 0 Å². The van der Waals surface area contributed by atoms with Crippen molar-refractivity contribution in [1.29, 1.82) is 0 Å². The molecule has 0 saturated heterocycles. The van der Waals surface area contributed by atoms with E-state index < -0.39 is 6.10 Å². The second-order valence-corrected chi connectivity index (χ2v) is 6.80. The highest BCUT2D eigenvalue weighted by atomic mass is 16.5. The standard InChI is InChI=1S/C20H34O3/c1-17(2)11-7-4-3-5-10-14-23-20(19(22)16-21)15-18-12-8-6-9-13-18/h6,8-9,12-13,17,19-22H,3-5,7,10-11,14-16H2,1-2H3. The van der Waals surface area contributed by atoms with Crippen molar-refractivity contribution in [3.05, 3.63) is 35.9 Å². The zero-order valence-corrected chi connectivity index (χ0v) is 14.8. The SMILES string of the molecule is CC(C)CCCCCCCOC(Cc1ccccc1)C(O)CO. The molecule has 0 radical (unpaired) electrons. The van der Waals surface area contributed by atoms with E-state index in [-0.39, 0.29) is 12.7 Å². The van der Waals surface area contributed by atoms with E-state index in [1.807, 2.05) is 30.3 Å². The van der Waals surface area contributed by atoms with Gasteiger partial charge in [-0.3, -0.25) is 0 Å². The van der Waals surface area contributed by atoms with E-state index in [1.165, 1.54) is 32.1 Å². The third-order valence-electron chi connectivity index (χ3n) is 4.15. The van der Waals surface area contributed by atoms with Crippen molar-refractivity contribution in [3.8, 4) is 0 Å². The zero-order valence-electron chi connectivity index (χ0n) is 14.8. The molecule has 3 nitrogen and oxygen atoms in total. The van der Waals surface area contributed by atoms with Gasteiger partial charge in [-0.15, -0.1) is 0 Å². The molecule has 2 N–H and O–H groups in total. The molecule has 132 valence electrons. The van der Waals surface area contributed by atoms with Crippen LogP contribution in [0.1, 0.15) is 57.9 Å². The summed E-state index contributed by atoms with van der Waals surface area (Å²) in [5, 5.41) is 19.1. The van der Waals surface area contributed by atoms with Crippen molar-refractivity contribution in [1.82, 2.24) is 0 Å². The lowest BCUT2D eigenvalue weighted by molar-refractivity contribution is -0.0580. The third kappa shape index (κ3) is 9.75. The quantitative estimate of drug-likeness (QED) is 0.540. The summed E-state index contributed by atoms with van der Waals surface area (Å²) < 4.78 is 5.83.